The standard InChI is InChI=1S/C29H25NS/c1-28(2,3)30-24-16-8-4-12-20(24)29(21-13-5-9-17-25(21)30)22-14-6-10-18-26(22)31-27-19-11-7-15-23(27)29/h4-19H,1-3H3. The number of hydrogen-bond donors (Lipinski definition) is 0. The van der Waals surface area contributed by atoms with Gasteiger partial charge < -0.3 is 4.90 Å². The van der Waals surface area contributed by atoms with Gasteiger partial charge in [0.05, 0.1) is 5.41 Å². The minimum atomic E-state index is -0.326. The van der Waals surface area contributed by atoms with Crippen molar-refractivity contribution < 1.29 is 0 Å². The fourth-order valence-corrected chi connectivity index (χ4v) is 6.74. The molecule has 0 saturated heterocycles. The summed E-state index contributed by atoms with van der Waals surface area (Å²) in [5.41, 5.74) is 7.71. The van der Waals surface area contributed by atoms with Gasteiger partial charge in [-0.1, -0.05) is 84.6 Å². The number of benzene rings is 4. The number of fused-ring (bicyclic) bond motifs is 8. The predicted molar refractivity (Wildman–Crippen MR) is 131 cm³/mol. The molecule has 2 aliphatic rings. The smallest absolute Gasteiger partial charge is 0.0763 e. The molecule has 0 aliphatic carbocycles. The quantitative estimate of drug-likeness (QED) is 0.252. The van der Waals surface area contributed by atoms with Gasteiger partial charge in [-0.3, -0.25) is 0 Å². The third-order valence-corrected chi connectivity index (χ3v) is 7.72. The minimum absolute atomic E-state index is 0.0454. The molecule has 4 aromatic rings. The Hall–Kier alpha value is -2.97. The Morgan fingerprint density at radius 1 is 0.548 bits per heavy atom. The summed E-state index contributed by atoms with van der Waals surface area (Å²) in [5.74, 6) is 0. The van der Waals surface area contributed by atoms with Crippen LogP contribution in [-0.2, 0) is 5.41 Å². The van der Waals surface area contributed by atoms with Crippen LogP contribution in [0, 0.1) is 0 Å². The van der Waals surface area contributed by atoms with Gasteiger partial charge in [0.1, 0.15) is 0 Å². The molecule has 0 unspecified atom stereocenters. The van der Waals surface area contributed by atoms with Crippen LogP contribution in [0.1, 0.15) is 43.0 Å². The van der Waals surface area contributed by atoms with E-state index >= 15 is 0 Å². The molecule has 4 aromatic carbocycles. The molecule has 6 rings (SSSR count). The lowest BCUT2D eigenvalue weighted by Gasteiger charge is -2.52. The van der Waals surface area contributed by atoms with Crippen LogP contribution >= 0.6 is 11.8 Å². The van der Waals surface area contributed by atoms with E-state index in [0.717, 1.165) is 0 Å². The molecule has 2 heteroatoms. The number of para-hydroxylation sites is 2. The molecule has 0 amide bonds. The van der Waals surface area contributed by atoms with Crippen molar-refractivity contribution in [3.05, 3.63) is 119 Å². The first-order valence-corrected chi connectivity index (χ1v) is 11.7. The Labute approximate surface area is 188 Å². The van der Waals surface area contributed by atoms with Crippen molar-refractivity contribution >= 4 is 23.1 Å². The summed E-state index contributed by atoms with van der Waals surface area (Å²) < 4.78 is 0. The topological polar surface area (TPSA) is 3.24 Å². The van der Waals surface area contributed by atoms with Crippen molar-refractivity contribution in [1.82, 2.24) is 0 Å². The van der Waals surface area contributed by atoms with Crippen molar-refractivity contribution in [1.29, 1.82) is 0 Å². The number of hydrogen-bond acceptors (Lipinski definition) is 2. The van der Waals surface area contributed by atoms with Gasteiger partial charge in [0.25, 0.3) is 0 Å². The number of rotatable bonds is 0. The Morgan fingerprint density at radius 3 is 1.39 bits per heavy atom. The van der Waals surface area contributed by atoms with Crippen LogP contribution in [0.15, 0.2) is 107 Å². The van der Waals surface area contributed by atoms with E-state index in [4.69, 9.17) is 0 Å². The maximum absolute atomic E-state index is 2.52. The Balaban J connectivity index is 1.84. The Bertz CT molecular complexity index is 1220. The first kappa shape index (κ1) is 18.8. The molecule has 31 heavy (non-hydrogen) atoms. The first-order valence-electron chi connectivity index (χ1n) is 10.9. The fraction of sp³-hybridized carbons (Fsp3) is 0.172. The molecule has 0 radical (unpaired) electrons. The first-order chi connectivity index (χ1) is 15.0. The molecule has 0 N–H and O–H groups in total. The van der Waals surface area contributed by atoms with Gasteiger partial charge in [-0.25, -0.2) is 0 Å². The minimum Gasteiger partial charge on any atom is -0.336 e. The van der Waals surface area contributed by atoms with E-state index < -0.39 is 0 Å². The Morgan fingerprint density at radius 2 is 0.935 bits per heavy atom. The van der Waals surface area contributed by atoms with E-state index in [2.05, 4.69) is 123 Å². The van der Waals surface area contributed by atoms with Crippen molar-refractivity contribution in [2.75, 3.05) is 4.90 Å². The highest BCUT2D eigenvalue weighted by Gasteiger charge is 2.50. The van der Waals surface area contributed by atoms with Crippen molar-refractivity contribution in [3.63, 3.8) is 0 Å². The SMILES string of the molecule is CC(C)(C)N1c2ccccc2C2(c3ccccc3Sc3ccccc32)c2ccccc21. The van der Waals surface area contributed by atoms with Crippen molar-refractivity contribution in [2.45, 2.75) is 41.5 Å². The maximum atomic E-state index is 2.52. The highest BCUT2D eigenvalue weighted by atomic mass is 32.2. The summed E-state index contributed by atoms with van der Waals surface area (Å²) >= 11 is 1.89. The van der Waals surface area contributed by atoms with Gasteiger partial charge in [0, 0.05) is 26.7 Å². The molecule has 0 aromatic heterocycles. The zero-order chi connectivity index (χ0) is 21.2. The summed E-state index contributed by atoms with van der Waals surface area (Å²) in [4.78, 5) is 5.21. The number of anilines is 2. The highest BCUT2D eigenvalue weighted by Crippen LogP contribution is 2.62. The molecule has 1 spiro atoms. The Kier molecular flexibility index (Phi) is 3.94. The van der Waals surface area contributed by atoms with Crippen molar-refractivity contribution in [3.8, 4) is 0 Å². The summed E-state index contributed by atoms with van der Waals surface area (Å²) in [6.07, 6.45) is 0. The summed E-state index contributed by atoms with van der Waals surface area (Å²) in [5, 5.41) is 0. The van der Waals surface area contributed by atoms with E-state index in [0.29, 0.717) is 0 Å². The molecule has 2 heterocycles. The van der Waals surface area contributed by atoms with E-state index in [1.807, 2.05) is 11.8 Å². The van der Waals surface area contributed by atoms with Gasteiger partial charge in [0.2, 0.25) is 0 Å². The summed E-state index contributed by atoms with van der Waals surface area (Å²) in [7, 11) is 0. The molecule has 2 aliphatic heterocycles. The second kappa shape index (κ2) is 6.51. The van der Waals surface area contributed by atoms with Gasteiger partial charge in [-0.05, 0) is 67.3 Å². The van der Waals surface area contributed by atoms with Crippen LogP contribution in [0.3, 0.4) is 0 Å². The molecule has 0 bridgehead atoms. The fourth-order valence-electron chi connectivity index (χ4n) is 5.54. The number of nitrogens with zero attached hydrogens (tertiary/aromatic N) is 1. The lowest BCUT2D eigenvalue weighted by atomic mass is 9.62. The summed E-state index contributed by atoms with van der Waals surface area (Å²) in [6, 6.07) is 35.9. The van der Waals surface area contributed by atoms with Gasteiger partial charge in [0.15, 0.2) is 0 Å². The van der Waals surface area contributed by atoms with E-state index in [1.165, 1.54) is 43.4 Å². The van der Waals surface area contributed by atoms with Crippen LogP contribution in [-0.4, -0.2) is 5.54 Å². The van der Waals surface area contributed by atoms with Gasteiger partial charge in [-0.2, -0.15) is 0 Å². The molecule has 0 atom stereocenters. The predicted octanol–water partition coefficient (Wildman–Crippen LogP) is 7.78. The van der Waals surface area contributed by atoms with Crippen molar-refractivity contribution in [2.24, 2.45) is 0 Å². The third kappa shape index (κ3) is 2.46. The van der Waals surface area contributed by atoms with Crippen LogP contribution in [0.25, 0.3) is 0 Å². The monoisotopic (exact) mass is 419 g/mol. The zero-order valence-electron chi connectivity index (χ0n) is 18.1. The van der Waals surface area contributed by atoms with E-state index in [-0.39, 0.29) is 11.0 Å². The van der Waals surface area contributed by atoms with E-state index in [9.17, 15) is 0 Å². The molecule has 1 nitrogen and oxygen atoms in total. The highest BCUT2D eigenvalue weighted by molar-refractivity contribution is 7.99. The zero-order valence-corrected chi connectivity index (χ0v) is 18.9. The molecule has 0 saturated carbocycles. The second-order valence-electron chi connectivity index (χ2n) is 9.38. The third-order valence-electron chi connectivity index (χ3n) is 6.57. The second-order valence-corrected chi connectivity index (χ2v) is 10.5. The van der Waals surface area contributed by atoms with Crippen LogP contribution < -0.4 is 4.90 Å². The molecular formula is C29H25NS. The molecule has 152 valence electrons. The van der Waals surface area contributed by atoms with Gasteiger partial charge in [-0.15, -0.1) is 0 Å². The lowest BCUT2D eigenvalue weighted by molar-refractivity contribution is 0.540. The maximum Gasteiger partial charge on any atom is 0.0763 e. The largest absolute Gasteiger partial charge is 0.336 e. The van der Waals surface area contributed by atoms with Crippen LogP contribution in [0.5, 0.6) is 0 Å². The average molecular weight is 420 g/mol. The molecule has 0 fully saturated rings. The molecular weight excluding hydrogens is 394 g/mol. The lowest BCUT2D eigenvalue weighted by Crippen LogP contribution is -2.46. The van der Waals surface area contributed by atoms with Crippen LogP contribution in [0.4, 0.5) is 11.4 Å². The normalized spacial score (nSPS) is 15.6. The van der Waals surface area contributed by atoms with E-state index in [1.54, 1.807) is 0 Å². The van der Waals surface area contributed by atoms with Gasteiger partial charge >= 0.3 is 0 Å². The summed E-state index contributed by atoms with van der Waals surface area (Å²) in [6.45, 7) is 6.91. The average Bonchev–Trinajstić information content (AvgIpc) is 2.78. The van der Waals surface area contributed by atoms with Crippen LogP contribution in [0.2, 0.25) is 0 Å².